The number of nitrogens with two attached hydrogens (primary N) is 1. The first kappa shape index (κ1) is 21.4. The average Bonchev–Trinajstić information content (AvgIpc) is 3.45. The third kappa shape index (κ3) is 3.57. The van der Waals surface area contributed by atoms with Gasteiger partial charge in [-0.15, -0.1) is 4.36 Å². The smallest absolute Gasteiger partial charge is 0.354 e. The van der Waals surface area contributed by atoms with Crippen LogP contribution in [-0.4, -0.2) is 56.6 Å². The van der Waals surface area contributed by atoms with Crippen molar-refractivity contribution < 1.29 is 13.7 Å². The van der Waals surface area contributed by atoms with Gasteiger partial charge in [0.1, 0.15) is 11.5 Å². The van der Waals surface area contributed by atoms with Crippen LogP contribution in [-0.2, 0) is 35.7 Å². The number of anilines is 1. The summed E-state index contributed by atoms with van der Waals surface area (Å²) in [6.45, 7) is 3.16. The maximum atomic E-state index is 13.3. The largest absolute Gasteiger partial charge is 0.475 e. The normalized spacial score (nSPS) is 23.2. The summed E-state index contributed by atoms with van der Waals surface area (Å²) < 4.78 is 24.5. The summed E-state index contributed by atoms with van der Waals surface area (Å²) in [6, 6.07) is -0.580. The van der Waals surface area contributed by atoms with Crippen molar-refractivity contribution in [3.63, 3.8) is 0 Å². The van der Waals surface area contributed by atoms with Gasteiger partial charge in [0.25, 0.3) is 0 Å². The van der Waals surface area contributed by atoms with Gasteiger partial charge >= 0.3 is 6.03 Å². The van der Waals surface area contributed by atoms with Crippen LogP contribution in [0.2, 0.25) is 0 Å². The van der Waals surface area contributed by atoms with E-state index in [4.69, 9.17) is 14.9 Å². The zero-order chi connectivity index (χ0) is 22.6. The third-order valence-electron chi connectivity index (χ3n) is 6.70. The fourth-order valence-electron chi connectivity index (χ4n) is 4.83. The Morgan fingerprint density at radius 2 is 2.16 bits per heavy atom. The summed E-state index contributed by atoms with van der Waals surface area (Å²) in [7, 11) is 0.393. The van der Waals surface area contributed by atoms with Gasteiger partial charge in [0.15, 0.2) is 9.92 Å². The van der Waals surface area contributed by atoms with E-state index in [0.29, 0.717) is 24.9 Å². The van der Waals surface area contributed by atoms with E-state index in [1.165, 1.54) is 6.20 Å². The van der Waals surface area contributed by atoms with Gasteiger partial charge in [-0.05, 0) is 63.2 Å². The summed E-state index contributed by atoms with van der Waals surface area (Å²) in [4.78, 5) is 19.9. The Hall–Kier alpha value is -2.50. The number of pyridine rings is 1. The van der Waals surface area contributed by atoms with Crippen LogP contribution in [0.25, 0.3) is 0 Å². The van der Waals surface area contributed by atoms with E-state index in [-0.39, 0.29) is 10.9 Å². The Morgan fingerprint density at radius 1 is 1.34 bits per heavy atom. The summed E-state index contributed by atoms with van der Waals surface area (Å²) in [6.07, 6.45) is 6.05. The molecule has 3 N–H and O–H groups in total. The SMILES string of the molecule is CC1CCc2c1nc1c(c2NC(=O)N=S(N)(=O)c2cnn3c2OCC(N(C)C)C3)CCC1. The van der Waals surface area contributed by atoms with Crippen LogP contribution in [0.5, 0.6) is 5.88 Å². The Bertz CT molecular complexity index is 1210. The molecule has 0 fully saturated rings. The van der Waals surface area contributed by atoms with E-state index in [1.54, 1.807) is 4.68 Å². The highest BCUT2D eigenvalue weighted by Crippen LogP contribution is 2.41. The monoisotopic (exact) mass is 459 g/mol. The number of aryl methyl sites for hydroxylation is 1. The van der Waals surface area contributed by atoms with Crippen molar-refractivity contribution in [1.82, 2.24) is 19.7 Å². The topological polar surface area (TPSA) is 128 Å². The lowest BCUT2D eigenvalue weighted by molar-refractivity contribution is 0.117. The summed E-state index contributed by atoms with van der Waals surface area (Å²) in [5.41, 5.74) is 5.05. The zero-order valence-corrected chi connectivity index (χ0v) is 19.4. The van der Waals surface area contributed by atoms with Crippen LogP contribution in [0.15, 0.2) is 15.5 Å². The van der Waals surface area contributed by atoms with Gasteiger partial charge in [-0.2, -0.15) is 5.10 Å². The molecule has 0 bridgehead atoms. The number of aromatic nitrogens is 3. The molecule has 3 aliphatic rings. The molecule has 0 spiro atoms. The van der Waals surface area contributed by atoms with Gasteiger partial charge in [0.2, 0.25) is 5.88 Å². The van der Waals surface area contributed by atoms with E-state index >= 15 is 0 Å². The van der Waals surface area contributed by atoms with Crippen LogP contribution in [0.4, 0.5) is 10.5 Å². The Labute approximate surface area is 187 Å². The second-order valence-electron chi connectivity index (χ2n) is 9.08. The maximum absolute atomic E-state index is 13.3. The molecule has 3 unspecified atom stereocenters. The molecule has 5 rings (SSSR count). The van der Waals surface area contributed by atoms with E-state index in [1.807, 2.05) is 19.0 Å². The minimum Gasteiger partial charge on any atom is -0.475 e. The van der Waals surface area contributed by atoms with Crippen molar-refractivity contribution in [1.29, 1.82) is 0 Å². The predicted molar refractivity (Wildman–Crippen MR) is 120 cm³/mol. The highest BCUT2D eigenvalue weighted by Gasteiger charge is 2.31. The van der Waals surface area contributed by atoms with Crippen LogP contribution in [0, 0.1) is 0 Å². The fourth-order valence-corrected chi connectivity index (χ4v) is 5.83. The number of nitrogens with zero attached hydrogens (tertiary/aromatic N) is 5. The molecule has 0 saturated carbocycles. The number of urea groups is 1. The highest BCUT2D eigenvalue weighted by atomic mass is 32.2. The second kappa shape index (κ2) is 7.82. The molecule has 0 aromatic carbocycles. The Balaban J connectivity index is 1.45. The van der Waals surface area contributed by atoms with E-state index in [2.05, 4.69) is 21.7 Å². The Morgan fingerprint density at radius 3 is 2.94 bits per heavy atom. The molecule has 0 saturated heterocycles. The van der Waals surface area contributed by atoms with Crippen molar-refractivity contribution in [3.8, 4) is 5.88 Å². The molecule has 2 aliphatic carbocycles. The molecular weight excluding hydrogens is 430 g/mol. The fraction of sp³-hybridized carbons (Fsp3) is 0.571. The van der Waals surface area contributed by atoms with Crippen molar-refractivity contribution >= 4 is 21.6 Å². The number of carbonyl (C=O) groups excluding carboxylic acids is 1. The molecule has 172 valence electrons. The van der Waals surface area contributed by atoms with Crippen LogP contribution in [0.3, 0.4) is 0 Å². The first-order valence-corrected chi connectivity index (χ1v) is 12.6. The molecule has 10 nitrogen and oxygen atoms in total. The van der Waals surface area contributed by atoms with Gasteiger partial charge in [-0.1, -0.05) is 6.92 Å². The first-order valence-electron chi connectivity index (χ1n) is 11.0. The van der Waals surface area contributed by atoms with Gasteiger partial charge in [0, 0.05) is 11.4 Å². The van der Waals surface area contributed by atoms with Gasteiger partial charge in [-0.25, -0.2) is 18.8 Å². The molecule has 2 aromatic heterocycles. The molecule has 2 amide bonds. The molecule has 32 heavy (non-hydrogen) atoms. The first-order chi connectivity index (χ1) is 15.2. The predicted octanol–water partition coefficient (Wildman–Crippen LogP) is 2.07. The minimum atomic E-state index is -3.53. The lowest BCUT2D eigenvalue weighted by atomic mass is 10.0. The number of likely N-dealkylation sites (N-methyl/N-ethyl adjacent to an activating group) is 1. The summed E-state index contributed by atoms with van der Waals surface area (Å²) in [5, 5.41) is 13.2. The molecular formula is C21H29N7O3S. The standard InChI is InChI=1S/C21H29N7O3S/c1-12-7-8-15-18(12)24-16-6-4-5-14(16)19(15)25-21(29)26-32(22,30)17-9-23-28-10-13(27(2)3)11-31-20(17)28/h9,12-13H,4-8,10-11H2,1-3H3,(H3,22,24,25,26,29,30). The van der Waals surface area contributed by atoms with Crippen molar-refractivity contribution in [2.24, 2.45) is 9.50 Å². The number of fused-ring (bicyclic) bond motifs is 3. The number of hydrogen-bond acceptors (Lipinski definition) is 6. The molecule has 11 heteroatoms. The van der Waals surface area contributed by atoms with Crippen LogP contribution >= 0.6 is 0 Å². The van der Waals surface area contributed by atoms with Gasteiger partial charge in [-0.3, -0.25) is 4.98 Å². The number of rotatable bonds is 3. The maximum Gasteiger partial charge on any atom is 0.354 e. The molecule has 3 heterocycles. The number of amides is 2. The summed E-state index contributed by atoms with van der Waals surface area (Å²) >= 11 is 0. The summed E-state index contributed by atoms with van der Waals surface area (Å²) in [5.74, 6) is 0.677. The number of carbonyl (C=O) groups is 1. The van der Waals surface area contributed by atoms with Gasteiger partial charge < -0.3 is 15.0 Å². The molecule has 2 aromatic rings. The average molecular weight is 460 g/mol. The zero-order valence-electron chi connectivity index (χ0n) is 18.6. The number of hydrogen-bond donors (Lipinski definition) is 2. The minimum absolute atomic E-state index is 0.141. The van der Waals surface area contributed by atoms with E-state index in [0.717, 1.165) is 60.3 Å². The Kier molecular flexibility index (Phi) is 5.22. The quantitative estimate of drug-likeness (QED) is 0.723. The van der Waals surface area contributed by atoms with Crippen molar-refractivity contribution in [2.75, 3.05) is 26.0 Å². The van der Waals surface area contributed by atoms with Crippen molar-refractivity contribution in [3.05, 3.63) is 28.7 Å². The van der Waals surface area contributed by atoms with E-state index in [9.17, 15) is 9.00 Å². The molecule has 0 radical (unpaired) electrons. The highest BCUT2D eigenvalue weighted by molar-refractivity contribution is 7.91. The molecule has 3 atom stereocenters. The lowest BCUT2D eigenvalue weighted by Crippen LogP contribution is -2.41. The third-order valence-corrected chi connectivity index (χ3v) is 8.05. The van der Waals surface area contributed by atoms with Crippen LogP contribution < -0.4 is 15.2 Å². The van der Waals surface area contributed by atoms with E-state index < -0.39 is 15.9 Å². The number of nitrogens with one attached hydrogen (secondary N) is 1. The number of ether oxygens (including phenoxy) is 1. The lowest BCUT2D eigenvalue weighted by Gasteiger charge is -2.29. The van der Waals surface area contributed by atoms with Crippen molar-refractivity contribution in [2.45, 2.75) is 62.4 Å². The van der Waals surface area contributed by atoms with Crippen LogP contribution in [0.1, 0.15) is 48.2 Å². The molecule has 1 aliphatic heterocycles. The van der Waals surface area contributed by atoms with Gasteiger partial charge in [0.05, 0.1) is 24.5 Å². The second-order valence-corrected chi connectivity index (χ2v) is 10.8.